The van der Waals surface area contributed by atoms with Gasteiger partial charge < -0.3 is 20.5 Å². The van der Waals surface area contributed by atoms with Gasteiger partial charge in [-0.05, 0) is 12.1 Å². The second-order valence-corrected chi connectivity index (χ2v) is 3.21. The van der Waals surface area contributed by atoms with Crippen molar-refractivity contribution in [2.24, 2.45) is 0 Å². The molecule has 0 radical (unpaired) electrons. The summed E-state index contributed by atoms with van der Waals surface area (Å²) < 4.78 is 9.79. The van der Waals surface area contributed by atoms with Crippen LogP contribution >= 0.6 is 0 Å². The highest BCUT2D eigenvalue weighted by Crippen LogP contribution is 2.22. The molecule has 0 spiro atoms. The number of nitrogen functional groups attached to an aromatic ring is 1. The van der Waals surface area contributed by atoms with E-state index in [4.69, 9.17) is 10.5 Å². The van der Waals surface area contributed by atoms with Gasteiger partial charge in [0.15, 0.2) is 6.61 Å². The first-order valence-corrected chi connectivity index (χ1v) is 4.89. The average molecular weight is 238 g/mol. The average Bonchev–Trinajstić information content (AvgIpc) is 2.35. The Balaban J connectivity index is 2.91. The highest BCUT2D eigenvalue weighted by atomic mass is 16.5. The maximum Gasteiger partial charge on any atom is 0.341 e. The van der Waals surface area contributed by atoms with Gasteiger partial charge in [-0.25, -0.2) is 4.79 Å². The van der Waals surface area contributed by atoms with E-state index >= 15 is 0 Å². The van der Waals surface area contributed by atoms with Crippen molar-refractivity contribution in [3.63, 3.8) is 0 Å². The molecule has 1 rings (SSSR count). The molecule has 0 bridgehead atoms. The lowest BCUT2D eigenvalue weighted by Crippen LogP contribution is -2.25. The molecule has 92 valence electrons. The van der Waals surface area contributed by atoms with Crippen molar-refractivity contribution in [3.8, 4) is 5.75 Å². The Kier molecular flexibility index (Phi) is 4.33. The first-order chi connectivity index (χ1) is 8.08. The van der Waals surface area contributed by atoms with Crippen molar-refractivity contribution in [1.82, 2.24) is 5.32 Å². The van der Waals surface area contributed by atoms with Gasteiger partial charge in [0.25, 0.3) is 5.91 Å². The molecular weight excluding hydrogens is 224 g/mol. The van der Waals surface area contributed by atoms with Gasteiger partial charge in [0, 0.05) is 18.8 Å². The fourth-order valence-corrected chi connectivity index (χ4v) is 1.15. The first-order valence-electron chi connectivity index (χ1n) is 4.89. The molecule has 0 aliphatic rings. The summed E-state index contributed by atoms with van der Waals surface area (Å²) in [6.45, 7) is -0.191. The number of anilines is 1. The van der Waals surface area contributed by atoms with Gasteiger partial charge in [-0.15, -0.1) is 0 Å². The molecule has 0 saturated heterocycles. The number of nitrogens with two attached hydrogens (primary N) is 1. The highest BCUT2D eigenvalue weighted by molar-refractivity contribution is 5.93. The standard InChI is InChI=1S/C11H14N2O4/c1-13-10(14)6-17-9-5-7(12)3-4-8(9)11(15)16-2/h3-5H,6,12H2,1-2H3,(H,13,14). The Labute approximate surface area is 98.7 Å². The van der Waals surface area contributed by atoms with E-state index in [1.54, 1.807) is 6.07 Å². The Morgan fingerprint density at radius 3 is 2.71 bits per heavy atom. The molecule has 3 N–H and O–H groups in total. The maximum absolute atomic E-state index is 11.4. The Morgan fingerprint density at radius 2 is 2.12 bits per heavy atom. The first kappa shape index (κ1) is 12.8. The minimum atomic E-state index is -0.545. The summed E-state index contributed by atoms with van der Waals surface area (Å²) in [5.74, 6) is -0.624. The molecule has 0 fully saturated rings. The molecule has 0 saturated carbocycles. The molecule has 0 atom stereocenters. The predicted molar refractivity (Wildman–Crippen MR) is 61.8 cm³/mol. The highest BCUT2D eigenvalue weighted by Gasteiger charge is 2.14. The number of methoxy groups -OCH3 is 1. The topological polar surface area (TPSA) is 90.6 Å². The van der Waals surface area contributed by atoms with E-state index in [1.165, 1.54) is 26.3 Å². The zero-order chi connectivity index (χ0) is 12.8. The number of nitrogens with one attached hydrogen (secondary N) is 1. The van der Waals surface area contributed by atoms with Gasteiger partial charge in [0.1, 0.15) is 11.3 Å². The van der Waals surface area contributed by atoms with E-state index in [0.29, 0.717) is 5.69 Å². The van der Waals surface area contributed by atoms with Crippen LogP contribution in [0.5, 0.6) is 5.75 Å². The molecule has 0 aromatic heterocycles. The van der Waals surface area contributed by atoms with E-state index in [9.17, 15) is 9.59 Å². The smallest absolute Gasteiger partial charge is 0.341 e. The van der Waals surface area contributed by atoms with E-state index in [0.717, 1.165) is 0 Å². The Morgan fingerprint density at radius 1 is 1.41 bits per heavy atom. The maximum atomic E-state index is 11.4. The van der Waals surface area contributed by atoms with Crippen molar-refractivity contribution in [2.45, 2.75) is 0 Å². The molecule has 0 aliphatic heterocycles. The lowest BCUT2D eigenvalue weighted by Gasteiger charge is -2.10. The third-order valence-electron chi connectivity index (χ3n) is 2.05. The van der Waals surface area contributed by atoms with Crippen molar-refractivity contribution < 1.29 is 19.1 Å². The molecule has 17 heavy (non-hydrogen) atoms. The van der Waals surface area contributed by atoms with Gasteiger partial charge >= 0.3 is 5.97 Å². The van der Waals surface area contributed by atoms with Crippen molar-refractivity contribution >= 4 is 17.6 Å². The fourth-order valence-electron chi connectivity index (χ4n) is 1.15. The van der Waals surface area contributed by atoms with Crippen LogP contribution in [0.15, 0.2) is 18.2 Å². The van der Waals surface area contributed by atoms with Gasteiger partial charge in [0.2, 0.25) is 0 Å². The van der Waals surface area contributed by atoms with Gasteiger partial charge in [0.05, 0.1) is 7.11 Å². The quantitative estimate of drug-likeness (QED) is 0.576. The van der Waals surface area contributed by atoms with Crippen LogP contribution in [0.25, 0.3) is 0 Å². The summed E-state index contributed by atoms with van der Waals surface area (Å²) in [4.78, 5) is 22.5. The number of amides is 1. The fraction of sp³-hybridized carbons (Fsp3) is 0.273. The summed E-state index contributed by atoms with van der Waals surface area (Å²) in [6.07, 6.45) is 0. The van der Waals surface area contributed by atoms with Crippen LogP contribution in [-0.4, -0.2) is 32.6 Å². The van der Waals surface area contributed by atoms with Crippen LogP contribution in [-0.2, 0) is 9.53 Å². The molecule has 1 amide bonds. The number of carbonyl (C=O) groups is 2. The van der Waals surface area contributed by atoms with Gasteiger partial charge in [-0.1, -0.05) is 0 Å². The molecular formula is C11H14N2O4. The van der Waals surface area contributed by atoms with Crippen molar-refractivity contribution in [3.05, 3.63) is 23.8 Å². The van der Waals surface area contributed by atoms with Crippen LogP contribution in [0.4, 0.5) is 5.69 Å². The summed E-state index contributed by atoms with van der Waals surface area (Å²) in [5, 5.41) is 2.40. The Hall–Kier alpha value is -2.24. The third-order valence-corrected chi connectivity index (χ3v) is 2.05. The van der Waals surface area contributed by atoms with Crippen LogP contribution in [0.3, 0.4) is 0 Å². The van der Waals surface area contributed by atoms with E-state index < -0.39 is 5.97 Å². The minimum absolute atomic E-state index is 0.191. The van der Waals surface area contributed by atoms with E-state index in [2.05, 4.69) is 10.1 Å². The molecule has 6 heteroatoms. The zero-order valence-corrected chi connectivity index (χ0v) is 9.65. The summed E-state index contributed by atoms with van der Waals surface area (Å²) in [7, 11) is 2.76. The second kappa shape index (κ2) is 5.74. The predicted octanol–water partition coefficient (Wildman–Crippen LogP) is 0.180. The summed E-state index contributed by atoms with van der Waals surface area (Å²) in [5.41, 5.74) is 6.24. The largest absolute Gasteiger partial charge is 0.483 e. The van der Waals surface area contributed by atoms with Crippen LogP contribution < -0.4 is 15.8 Å². The van der Waals surface area contributed by atoms with Gasteiger partial charge in [-0.2, -0.15) is 0 Å². The van der Waals surface area contributed by atoms with Crippen molar-refractivity contribution in [1.29, 1.82) is 0 Å². The van der Waals surface area contributed by atoms with E-state index in [1.807, 2.05) is 0 Å². The number of hydrogen-bond donors (Lipinski definition) is 2. The number of rotatable bonds is 4. The number of carbonyl (C=O) groups excluding carboxylic acids is 2. The molecule has 0 unspecified atom stereocenters. The normalized spacial score (nSPS) is 9.53. The van der Waals surface area contributed by atoms with Crippen LogP contribution in [0.2, 0.25) is 0 Å². The van der Waals surface area contributed by atoms with Crippen LogP contribution in [0.1, 0.15) is 10.4 Å². The van der Waals surface area contributed by atoms with E-state index in [-0.39, 0.29) is 23.8 Å². The molecule has 1 aromatic carbocycles. The molecule has 6 nitrogen and oxygen atoms in total. The lowest BCUT2D eigenvalue weighted by molar-refractivity contribution is -0.122. The minimum Gasteiger partial charge on any atom is -0.483 e. The molecule has 0 heterocycles. The lowest BCUT2D eigenvalue weighted by atomic mass is 10.2. The summed E-state index contributed by atoms with van der Waals surface area (Å²) >= 11 is 0. The van der Waals surface area contributed by atoms with Gasteiger partial charge in [-0.3, -0.25) is 4.79 Å². The summed E-state index contributed by atoms with van der Waals surface area (Å²) in [6, 6.07) is 4.51. The number of esters is 1. The van der Waals surface area contributed by atoms with Crippen molar-refractivity contribution in [2.75, 3.05) is 26.5 Å². The zero-order valence-electron chi connectivity index (χ0n) is 9.65. The number of ether oxygens (including phenoxy) is 2. The monoisotopic (exact) mass is 238 g/mol. The number of benzene rings is 1. The second-order valence-electron chi connectivity index (χ2n) is 3.21. The number of likely N-dealkylation sites (N-methyl/N-ethyl adjacent to an activating group) is 1. The molecule has 0 aliphatic carbocycles. The Bertz CT molecular complexity index is 431. The third kappa shape index (κ3) is 3.37. The SMILES string of the molecule is CNC(=O)COc1cc(N)ccc1C(=O)OC. The number of hydrogen-bond acceptors (Lipinski definition) is 5. The van der Waals surface area contributed by atoms with Crippen LogP contribution in [0, 0.1) is 0 Å². The molecule has 1 aromatic rings.